The summed E-state index contributed by atoms with van der Waals surface area (Å²) >= 11 is 0. The van der Waals surface area contributed by atoms with Crippen molar-refractivity contribution < 1.29 is 18.8 Å². The van der Waals surface area contributed by atoms with E-state index in [9.17, 15) is 18.8 Å². The van der Waals surface area contributed by atoms with Crippen LogP contribution in [0, 0.1) is 5.82 Å². The normalized spacial score (nSPS) is 14.0. The first kappa shape index (κ1) is 16.1. The summed E-state index contributed by atoms with van der Waals surface area (Å²) in [6.07, 6.45) is 0. The van der Waals surface area contributed by atoms with E-state index in [2.05, 4.69) is 0 Å². The van der Waals surface area contributed by atoms with Gasteiger partial charge in [-0.05, 0) is 37.6 Å². The Morgan fingerprint density at radius 1 is 1.00 bits per heavy atom. The molecule has 0 aromatic heterocycles. The van der Waals surface area contributed by atoms with Gasteiger partial charge in [0.2, 0.25) is 0 Å². The van der Waals surface area contributed by atoms with Gasteiger partial charge in [0.05, 0.1) is 23.1 Å². The number of hydrogen-bond acceptors (Lipinski definition) is 3. The third-order valence-electron chi connectivity index (χ3n) is 4.43. The predicted molar refractivity (Wildman–Crippen MR) is 86.2 cm³/mol. The second-order valence-electron chi connectivity index (χ2n) is 6.30. The lowest BCUT2D eigenvalue weighted by Gasteiger charge is -2.26. The van der Waals surface area contributed by atoms with Crippen LogP contribution in [-0.4, -0.2) is 29.0 Å². The lowest BCUT2D eigenvalue weighted by molar-refractivity contribution is -0.123. The fourth-order valence-corrected chi connectivity index (χ4v) is 2.76. The van der Waals surface area contributed by atoms with E-state index in [0.717, 1.165) is 22.6 Å². The summed E-state index contributed by atoms with van der Waals surface area (Å²) in [6.45, 7) is 3.17. The number of halogens is 1. The number of Topliss-reactive ketones (excluding diaryl/α,β-unsaturated/α-hetero) is 1. The second-order valence-corrected chi connectivity index (χ2v) is 6.30. The van der Waals surface area contributed by atoms with E-state index in [4.69, 9.17) is 0 Å². The van der Waals surface area contributed by atoms with Gasteiger partial charge in [0.15, 0.2) is 5.78 Å². The SMILES string of the molecule is CC(C)(C(=O)CN1C(=O)c2ccc(F)cc2C1=O)c1ccccc1. The van der Waals surface area contributed by atoms with Gasteiger partial charge in [-0.15, -0.1) is 0 Å². The molecule has 0 aliphatic carbocycles. The van der Waals surface area contributed by atoms with Crippen molar-refractivity contribution in [1.29, 1.82) is 0 Å². The van der Waals surface area contributed by atoms with Crippen LogP contribution in [0.25, 0.3) is 0 Å². The number of benzene rings is 2. The van der Waals surface area contributed by atoms with E-state index >= 15 is 0 Å². The predicted octanol–water partition coefficient (Wildman–Crippen LogP) is 2.97. The third kappa shape index (κ3) is 2.52. The highest BCUT2D eigenvalue weighted by molar-refractivity contribution is 6.22. The molecule has 1 aliphatic rings. The van der Waals surface area contributed by atoms with Crippen LogP contribution in [0.4, 0.5) is 4.39 Å². The Kier molecular flexibility index (Phi) is 3.79. The molecule has 3 rings (SSSR count). The van der Waals surface area contributed by atoms with Crippen molar-refractivity contribution in [2.75, 3.05) is 6.54 Å². The molecule has 4 nitrogen and oxygen atoms in total. The topological polar surface area (TPSA) is 54.5 Å². The summed E-state index contributed by atoms with van der Waals surface area (Å²) in [5.41, 5.74) is 0.0941. The monoisotopic (exact) mass is 325 g/mol. The minimum atomic E-state index is -0.845. The average molecular weight is 325 g/mol. The summed E-state index contributed by atoms with van der Waals surface area (Å²) in [6, 6.07) is 12.6. The van der Waals surface area contributed by atoms with Crippen LogP contribution >= 0.6 is 0 Å². The number of hydrogen-bond donors (Lipinski definition) is 0. The van der Waals surface area contributed by atoms with Crippen LogP contribution in [0.5, 0.6) is 0 Å². The molecule has 0 radical (unpaired) electrons. The van der Waals surface area contributed by atoms with Crippen molar-refractivity contribution >= 4 is 17.6 Å². The molecular formula is C19H16FNO3. The summed E-state index contributed by atoms with van der Waals surface area (Å²) in [5, 5.41) is 0. The first-order valence-corrected chi connectivity index (χ1v) is 7.57. The highest BCUT2D eigenvalue weighted by Crippen LogP contribution is 2.28. The second kappa shape index (κ2) is 5.67. The molecule has 2 aromatic rings. The maximum absolute atomic E-state index is 13.3. The molecule has 0 spiro atoms. The fourth-order valence-electron chi connectivity index (χ4n) is 2.76. The minimum Gasteiger partial charge on any atom is -0.297 e. The molecule has 2 amide bonds. The number of amides is 2. The number of nitrogens with zero attached hydrogens (tertiary/aromatic N) is 1. The van der Waals surface area contributed by atoms with Gasteiger partial charge in [-0.1, -0.05) is 30.3 Å². The van der Waals surface area contributed by atoms with E-state index in [1.807, 2.05) is 30.3 Å². The Bertz CT molecular complexity index is 843. The van der Waals surface area contributed by atoms with Gasteiger partial charge >= 0.3 is 0 Å². The molecule has 0 bridgehead atoms. The molecule has 5 heteroatoms. The minimum absolute atomic E-state index is 0.00492. The van der Waals surface area contributed by atoms with Gasteiger partial charge in [-0.25, -0.2) is 4.39 Å². The van der Waals surface area contributed by atoms with Crippen molar-refractivity contribution in [3.63, 3.8) is 0 Å². The van der Waals surface area contributed by atoms with Crippen LogP contribution in [0.1, 0.15) is 40.1 Å². The Labute approximate surface area is 138 Å². The smallest absolute Gasteiger partial charge is 0.262 e. The molecular weight excluding hydrogens is 309 g/mol. The van der Waals surface area contributed by atoms with Crippen molar-refractivity contribution in [2.45, 2.75) is 19.3 Å². The van der Waals surface area contributed by atoms with E-state index in [-0.39, 0.29) is 23.5 Å². The molecule has 24 heavy (non-hydrogen) atoms. The van der Waals surface area contributed by atoms with Crippen molar-refractivity contribution in [3.8, 4) is 0 Å². The average Bonchev–Trinajstić information content (AvgIpc) is 2.80. The zero-order chi connectivity index (χ0) is 17.5. The molecule has 2 aromatic carbocycles. The number of carbonyl (C=O) groups excluding carboxylic acids is 3. The molecule has 0 fully saturated rings. The third-order valence-corrected chi connectivity index (χ3v) is 4.43. The lowest BCUT2D eigenvalue weighted by atomic mass is 9.80. The Morgan fingerprint density at radius 2 is 1.62 bits per heavy atom. The molecule has 0 saturated heterocycles. The van der Waals surface area contributed by atoms with Crippen molar-refractivity contribution in [2.24, 2.45) is 0 Å². The summed E-state index contributed by atoms with van der Waals surface area (Å²) < 4.78 is 13.3. The van der Waals surface area contributed by atoms with Crippen LogP contribution in [-0.2, 0) is 10.2 Å². The first-order valence-electron chi connectivity index (χ1n) is 7.57. The Hall–Kier alpha value is -2.82. The van der Waals surface area contributed by atoms with Crippen LogP contribution in [0.3, 0.4) is 0 Å². The van der Waals surface area contributed by atoms with Gasteiger partial charge in [0, 0.05) is 0 Å². The van der Waals surface area contributed by atoms with Crippen LogP contribution in [0.2, 0.25) is 0 Å². The van der Waals surface area contributed by atoms with Gasteiger partial charge in [-0.3, -0.25) is 19.3 Å². The molecule has 0 N–H and O–H groups in total. The number of rotatable bonds is 4. The Balaban J connectivity index is 1.86. The zero-order valence-electron chi connectivity index (χ0n) is 13.4. The zero-order valence-corrected chi connectivity index (χ0v) is 13.4. The highest BCUT2D eigenvalue weighted by atomic mass is 19.1. The Morgan fingerprint density at radius 3 is 2.29 bits per heavy atom. The quantitative estimate of drug-likeness (QED) is 0.812. The first-order chi connectivity index (χ1) is 11.3. The van der Waals surface area contributed by atoms with Crippen LogP contribution in [0.15, 0.2) is 48.5 Å². The summed E-state index contributed by atoms with van der Waals surface area (Å²) in [7, 11) is 0. The molecule has 0 unspecified atom stereocenters. The molecule has 0 saturated carbocycles. The molecule has 0 atom stereocenters. The molecule has 1 heterocycles. The fraction of sp³-hybridized carbons (Fsp3) is 0.211. The van der Waals surface area contributed by atoms with Gasteiger partial charge < -0.3 is 0 Å². The number of imide groups is 1. The lowest BCUT2D eigenvalue weighted by Crippen LogP contribution is -2.42. The maximum Gasteiger partial charge on any atom is 0.262 e. The van der Waals surface area contributed by atoms with E-state index < -0.39 is 23.0 Å². The van der Waals surface area contributed by atoms with Gasteiger partial charge in [-0.2, -0.15) is 0 Å². The molecule has 122 valence electrons. The van der Waals surface area contributed by atoms with Crippen molar-refractivity contribution in [3.05, 3.63) is 71.0 Å². The van der Waals surface area contributed by atoms with Crippen LogP contribution < -0.4 is 0 Å². The largest absolute Gasteiger partial charge is 0.297 e. The number of ketones is 1. The summed E-state index contributed by atoms with van der Waals surface area (Å²) in [4.78, 5) is 38.3. The standard InChI is InChI=1S/C19H16FNO3/c1-19(2,12-6-4-3-5-7-12)16(22)11-21-17(23)14-9-8-13(20)10-15(14)18(21)24/h3-10H,11H2,1-2H3. The van der Waals surface area contributed by atoms with Gasteiger partial charge in [0.1, 0.15) is 5.82 Å². The molecule has 1 aliphatic heterocycles. The van der Waals surface area contributed by atoms with E-state index in [1.54, 1.807) is 13.8 Å². The van der Waals surface area contributed by atoms with Crippen molar-refractivity contribution in [1.82, 2.24) is 4.90 Å². The maximum atomic E-state index is 13.3. The van der Waals surface area contributed by atoms with E-state index in [0.29, 0.717) is 0 Å². The number of carbonyl (C=O) groups is 3. The van der Waals surface area contributed by atoms with Gasteiger partial charge in [0.25, 0.3) is 11.8 Å². The van der Waals surface area contributed by atoms with E-state index in [1.165, 1.54) is 6.07 Å². The highest BCUT2D eigenvalue weighted by Gasteiger charge is 2.40. The number of fused-ring (bicyclic) bond motifs is 1. The summed E-state index contributed by atoms with van der Waals surface area (Å²) in [5.74, 6) is -2.05.